The van der Waals surface area contributed by atoms with Gasteiger partial charge in [0.25, 0.3) is 0 Å². The lowest BCUT2D eigenvalue weighted by atomic mass is 9.90. The Labute approximate surface area is 226 Å². The zero-order valence-corrected chi connectivity index (χ0v) is 23.5. The minimum Gasteiger partial charge on any atom is -0.497 e. The Kier molecular flexibility index (Phi) is 7.84. The van der Waals surface area contributed by atoms with Gasteiger partial charge < -0.3 is 29.2 Å². The van der Waals surface area contributed by atoms with Crippen LogP contribution in [-0.4, -0.2) is 57.5 Å². The molecule has 0 saturated carbocycles. The maximum absolute atomic E-state index is 6.24. The maximum atomic E-state index is 6.24. The predicted molar refractivity (Wildman–Crippen MR) is 152 cm³/mol. The molecule has 0 atom stereocenters. The monoisotopic (exact) mass is 519 g/mol. The van der Waals surface area contributed by atoms with Crippen LogP contribution in [0.1, 0.15) is 49.8 Å². The second kappa shape index (κ2) is 11.3. The number of benzene rings is 2. The summed E-state index contributed by atoms with van der Waals surface area (Å²) in [7, 11) is 5.07. The van der Waals surface area contributed by atoms with E-state index in [1.54, 1.807) is 21.3 Å². The average molecular weight is 520 g/mol. The summed E-state index contributed by atoms with van der Waals surface area (Å²) in [5.41, 5.74) is 4.79. The van der Waals surface area contributed by atoms with E-state index in [-0.39, 0.29) is 5.41 Å². The molecule has 7 nitrogen and oxygen atoms in total. The van der Waals surface area contributed by atoms with E-state index in [0.717, 1.165) is 71.1 Å². The van der Waals surface area contributed by atoms with Crippen molar-refractivity contribution in [1.29, 1.82) is 0 Å². The highest BCUT2D eigenvalue weighted by Gasteiger charge is 2.33. The second-order valence-corrected chi connectivity index (χ2v) is 11.2. The molecule has 1 fully saturated rings. The minimum absolute atomic E-state index is 0.171. The highest BCUT2D eigenvalue weighted by atomic mass is 16.5. The topological polar surface area (TPSA) is 65.1 Å². The molecular weight excluding hydrogens is 478 g/mol. The molecule has 2 heterocycles. The van der Waals surface area contributed by atoms with Crippen LogP contribution in [0.5, 0.6) is 23.0 Å². The fourth-order valence-corrected chi connectivity index (χ4v) is 5.86. The number of ether oxygens (including phenoxy) is 4. The third-order valence-corrected chi connectivity index (χ3v) is 7.82. The summed E-state index contributed by atoms with van der Waals surface area (Å²) in [5.74, 6) is 4.04. The standard InChI is InChI=1S/C31H41N3O4/c1-31(2)18-24-23-16-28(37-5)29(38-14-8-13-34-11-6-7-12-34)17-26(23)33-30(25(24)19-31)32-20-21-9-10-22(35-3)15-27(21)36-4/h9-10,15-17H,6-8,11-14,18-20H2,1-5H3,(H,32,33). The first kappa shape index (κ1) is 26.4. The SMILES string of the molecule is COc1ccc(CNc2nc3cc(OCCCN4CCCC4)c(OC)cc3c3c2CC(C)(C)C3)c(OC)c1. The number of anilines is 1. The van der Waals surface area contributed by atoms with Gasteiger partial charge in [-0.1, -0.05) is 13.8 Å². The van der Waals surface area contributed by atoms with Gasteiger partial charge >= 0.3 is 0 Å². The number of nitrogens with one attached hydrogen (secondary N) is 1. The minimum atomic E-state index is 0.171. The van der Waals surface area contributed by atoms with E-state index in [0.29, 0.717) is 13.2 Å². The third kappa shape index (κ3) is 5.63. The Hall–Kier alpha value is -3.19. The second-order valence-electron chi connectivity index (χ2n) is 11.2. The highest BCUT2D eigenvalue weighted by molar-refractivity contribution is 5.89. The molecule has 3 aromatic rings. The van der Waals surface area contributed by atoms with Crippen LogP contribution in [-0.2, 0) is 19.4 Å². The number of hydrogen-bond donors (Lipinski definition) is 1. The van der Waals surface area contributed by atoms with Crippen LogP contribution < -0.4 is 24.3 Å². The van der Waals surface area contributed by atoms with Crippen LogP contribution in [0.4, 0.5) is 5.82 Å². The van der Waals surface area contributed by atoms with E-state index in [1.165, 1.54) is 37.1 Å². The molecule has 0 bridgehead atoms. The molecule has 1 aliphatic heterocycles. The summed E-state index contributed by atoms with van der Waals surface area (Å²) in [6.07, 6.45) is 5.61. The van der Waals surface area contributed by atoms with Crippen LogP contribution in [0.2, 0.25) is 0 Å². The molecule has 2 aliphatic rings. The largest absolute Gasteiger partial charge is 0.497 e. The van der Waals surface area contributed by atoms with Crippen LogP contribution in [0.25, 0.3) is 10.9 Å². The van der Waals surface area contributed by atoms with Crippen LogP contribution in [0.15, 0.2) is 30.3 Å². The number of likely N-dealkylation sites (tertiary alicyclic amines) is 1. The number of aromatic nitrogens is 1. The molecule has 0 unspecified atom stereocenters. The molecule has 2 aromatic carbocycles. The molecule has 1 aliphatic carbocycles. The molecule has 0 amide bonds. The lowest BCUT2D eigenvalue weighted by Gasteiger charge is -2.18. The lowest BCUT2D eigenvalue weighted by Crippen LogP contribution is -2.21. The Bertz CT molecular complexity index is 1280. The Morgan fingerprint density at radius 2 is 1.66 bits per heavy atom. The van der Waals surface area contributed by atoms with Gasteiger partial charge in [0.15, 0.2) is 11.5 Å². The number of rotatable bonds is 11. The first-order valence-electron chi connectivity index (χ1n) is 13.7. The van der Waals surface area contributed by atoms with Crippen molar-refractivity contribution in [2.75, 3.05) is 52.9 Å². The van der Waals surface area contributed by atoms with Gasteiger partial charge in [0.2, 0.25) is 0 Å². The fraction of sp³-hybridized carbons (Fsp3) is 0.516. The Morgan fingerprint density at radius 1 is 0.895 bits per heavy atom. The van der Waals surface area contributed by atoms with Crippen molar-refractivity contribution in [3.8, 4) is 23.0 Å². The maximum Gasteiger partial charge on any atom is 0.163 e. The van der Waals surface area contributed by atoms with Crippen LogP contribution >= 0.6 is 0 Å². The first-order chi connectivity index (χ1) is 18.4. The number of methoxy groups -OCH3 is 3. The summed E-state index contributed by atoms with van der Waals surface area (Å²) in [6.45, 7) is 9.42. The van der Waals surface area contributed by atoms with E-state index >= 15 is 0 Å². The summed E-state index contributed by atoms with van der Waals surface area (Å²) in [6, 6.07) is 10.1. The van der Waals surface area contributed by atoms with Crippen molar-refractivity contribution in [3.63, 3.8) is 0 Å². The van der Waals surface area contributed by atoms with Crippen molar-refractivity contribution >= 4 is 16.7 Å². The smallest absolute Gasteiger partial charge is 0.163 e. The molecule has 0 radical (unpaired) electrons. The van der Waals surface area contributed by atoms with E-state index in [9.17, 15) is 0 Å². The van der Waals surface area contributed by atoms with E-state index in [2.05, 4.69) is 36.2 Å². The number of hydrogen-bond acceptors (Lipinski definition) is 7. The molecule has 5 rings (SSSR count). The summed E-state index contributed by atoms with van der Waals surface area (Å²) in [5, 5.41) is 4.78. The molecule has 204 valence electrons. The Balaban J connectivity index is 1.42. The third-order valence-electron chi connectivity index (χ3n) is 7.82. The average Bonchev–Trinajstić information content (AvgIpc) is 3.56. The quantitative estimate of drug-likeness (QED) is 0.318. The van der Waals surface area contributed by atoms with Crippen LogP contribution in [0.3, 0.4) is 0 Å². The van der Waals surface area contributed by atoms with E-state index < -0.39 is 0 Å². The van der Waals surface area contributed by atoms with Gasteiger partial charge in [-0.05, 0) is 79.9 Å². The number of nitrogens with zero attached hydrogens (tertiary/aromatic N) is 2. The summed E-state index contributed by atoms with van der Waals surface area (Å²) >= 11 is 0. The van der Waals surface area contributed by atoms with E-state index in [4.69, 9.17) is 23.9 Å². The molecule has 1 saturated heterocycles. The summed E-state index contributed by atoms with van der Waals surface area (Å²) < 4.78 is 23.0. The van der Waals surface area contributed by atoms with Gasteiger partial charge in [-0.15, -0.1) is 0 Å². The van der Waals surface area contributed by atoms with Crippen molar-refractivity contribution < 1.29 is 18.9 Å². The van der Waals surface area contributed by atoms with Gasteiger partial charge in [-0.25, -0.2) is 4.98 Å². The predicted octanol–water partition coefficient (Wildman–Crippen LogP) is 5.86. The van der Waals surface area contributed by atoms with Gasteiger partial charge in [0.05, 0.1) is 33.5 Å². The van der Waals surface area contributed by atoms with E-state index in [1.807, 2.05) is 18.2 Å². The van der Waals surface area contributed by atoms with Crippen molar-refractivity contribution in [2.24, 2.45) is 5.41 Å². The zero-order valence-electron chi connectivity index (χ0n) is 23.5. The lowest BCUT2D eigenvalue weighted by molar-refractivity contribution is 0.254. The molecule has 38 heavy (non-hydrogen) atoms. The van der Waals surface area contributed by atoms with Crippen molar-refractivity contribution in [1.82, 2.24) is 9.88 Å². The fourth-order valence-electron chi connectivity index (χ4n) is 5.86. The Morgan fingerprint density at radius 3 is 2.39 bits per heavy atom. The highest BCUT2D eigenvalue weighted by Crippen LogP contribution is 2.45. The van der Waals surface area contributed by atoms with Crippen LogP contribution in [0, 0.1) is 5.41 Å². The van der Waals surface area contributed by atoms with Crippen molar-refractivity contribution in [2.45, 2.75) is 52.5 Å². The normalized spacial score (nSPS) is 16.4. The van der Waals surface area contributed by atoms with Crippen molar-refractivity contribution in [3.05, 3.63) is 47.0 Å². The number of pyridine rings is 1. The molecule has 7 heteroatoms. The first-order valence-corrected chi connectivity index (χ1v) is 13.7. The number of fused-ring (bicyclic) bond motifs is 3. The van der Waals surface area contributed by atoms with Gasteiger partial charge in [-0.2, -0.15) is 0 Å². The van der Waals surface area contributed by atoms with Gasteiger partial charge in [-0.3, -0.25) is 0 Å². The molecule has 0 spiro atoms. The summed E-state index contributed by atoms with van der Waals surface area (Å²) in [4.78, 5) is 7.64. The molecule has 1 aromatic heterocycles. The molecular formula is C31H41N3O4. The van der Waals surface area contributed by atoms with Gasteiger partial charge in [0.1, 0.15) is 17.3 Å². The zero-order chi connectivity index (χ0) is 26.7. The van der Waals surface area contributed by atoms with Gasteiger partial charge in [0, 0.05) is 36.2 Å². The molecule has 1 N–H and O–H groups in total.